The smallest absolute Gasteiger partial charge is 0.0271 e. The standard InChI is InChI=1S/C17H21N3/c1-2-4-16(5-3-1)14-19-10-12-20(13-11-19)15-17-6-8-18-9-7-17/h1-9H,10-15H2. The molecule has 0 radical (unpaired) electrons. The molecule has 1 fully saturated rings. The van der Waals surface area contributed by atoms with Gasteiger partial charge in [-0.3, -0.25) is 14.8 Å². The van der Waals surface area contributed by atoms with Crippen molar-refractivity contribution in [1.82, 2.24) is 14.8 Å². The Bertz CT molecular complexity index is 455. The summed E-state index contributed by atoms with van der Waals surface area (Å²) in [6.45, 7) is 6.72. The SMILES string of the molecule is c1ccc(CN2CCN(Cc3ccncc3)CC2)cc1. The predicted octanol–water partition coefficient (Wildman–Crippen LogP) is 2.40. The lowest BCUT2D eigenvalue weighted by Gasteiger charge is -2.34. The molecule has 0 N–H and O–H groups in total. The van der Waals surface area contributed by atoms with Crippen molar-refractivity contribution in [2.45, 2.75) is 13.1 Å². The van der Waals surface area contributed by atoms with Gasteiger partial charge in [0.25, 0.3) is 0 Å². The Labute approximate surface area is 120 Å². The van der Waals surface area contributed by atoms with Gasteiger partial charge in [-0.25, -0.2) is 0 Å². The van der Waals surface area contributed by atoms with Gasteiger partial charge in [-0.05, 0) is 23.3 Å². The summed E-state index contributed by atoms with van der Waals surface area (Å²) in [5.74, 6) is 0. The van der Waals surface area contributed by atoms with E-state index in [0.29, 0.717) is 0 Å². The van der Waals surface area contributed by atoms with Crippen LogP contribution < -0.4 is 0 Å². The van der Waals surface area contributed by atoms with Crippen LogP contribution in [0, 0.1) is 0 Å². The van der Waals surface area contributed by atoms with E-state index in [1.54, 1.807) is 0 Å². The molecule has 0 bridgehead atoms. The van der Waals surface area contributed by atoms with Gasteiger partial charge in [0.1, 0.15) is 0 Å². The van der Waals surface area contributed by atoms with Crippen LogP contribution in [0.15, 0.2) is 54.9 Å². The molecule has 0 amide bonds. The fraction of sp³-hybridized carbons (Fsp3) is 0.353. The van der Waals surface area contributed by atoms with Crippen LogP contribution in [0.4, 0.5) is 0 Å². The summed E-state index contributed by atoms with van der Waals surface area (Å²) in [6, 6.07) is 15.0. The van der Waals surface area contributed by atoms with E-state index in [1.165, 1.54) is 11.1 Å². The van der Waals surface area contributed by atoms with Crippen LogP contribution >= 0.6 is 0 Å². The second kappa shape index (κ2) is 6.64. The summed E-state index contributed by atoms with van der Waals surface area (Å²) in [4.78, 5) is 9.14. The van der Waals surface area contributed by atoms with E-state index in [-0.39, 0.29) is 0 Å². The van der Waals surface area contributed by atoms with Crippen LogP contribution in [0.3, 0.4) is 0 Å². The summed E-state index contributed by atoms with van der Waals surface area (Å²) < 4.78 is 0. The molecule has 1 aromatic heterocycles. The number of pyridine rings is 1. The molecule has 3 heteroatoms. The normalized spacial score (nSPS) is 17.2. The lowest BCUT2D eigenvalue weighted by atomic mass is 10.2. The molecule has 1 aromatic carbocycles. The van der Waals surface area contributed by atoms with Crippen molar-refractivity contribution in [1.29, 1.82) is 0 Å². The van der Waals surface area contributed by atoms with Gasteiger partial charge in [0.05, 0.1) is 0 Å². The highest BCUT2D eigenvalue weighted by Crippen LogP contribution is 2.10. The van der Waals surface area contributed by atoms with Crippen LogP contribution in [-0.2, 0) is 13.1 Å². The van der Waals surface area contributed by atoms with E-state index < -0.39 is 0 Å². The lowest BCUT2D eigenvalue weighted by molar-refractivity contribution is 0.122. The van der Waals surface area contributed by atoms with E-state index in [0.717, 1.165) is 39.3 Å². The Morgan fingerprint density at radius 1 is 0.700 bits per heavy atom. The zero-order valence-electron chi connectivity index (χ0n) is 11.8. The van der Waals surface area contributed by atoms with Crippen molar-refractivity contribution in [2.24, 2.45) is 0 Å². The highest BCUT2D eigenvalue weighted by atomic mass is 15.3. The van der Waals surface area contributed by atoms with Crippen LogP contribution in [-0.4, -0.2) is 41.0 Å². The molecule has 0 aliphatic carbocycles. The maximum Gasteiger partial charge on any atom is 0.0271 e. The number of piperazine rings is 1. The first kappa shape index (κ1) is 13.3. The second-order valence-corrected chi connectivity index (χ2v) is 5.39. The number of aromatic nitrogens is 1. The summed E-state index contributed by atoms with van der Waals surface area (Å²) in [7, 11) is 0. The molecule has 0 unspecified atom stereocenters. The first-order valence-electron chi connectivity index (χ1n) is 7.28. The van der Waals surface area contributed by atoms with E-state index in [1.807, 2.05) is 12.4 Å². The van der Waals surface area contributed by atoms with Gasteiger partial charge in [-0.2, -0.15) is 0 Å². The number of hydrogen-bond acceptors (Lipinski definition) is 3. The zero-order valence-corrected chi connectivity index (χ0v) is 11.8. The molecule has 0 spiro atoms. The topological polar surface area (TPSA) is 19.4 Å². The first-order valence-corrected chi connectivity index (χ1v) is 7.28. The van der Waals surface area contributed by atoms with Crippen molar-refractivity contribution < 1.29 is 0 Å². The highest BCUT2D eigenvalue weighted by molar-refractivity contribution is 5.14. The average molecular weight is 267 g/mol. The Hall–Kier alpha value is -1.71. The Balaban J connectivity index is 1.47. The number of nitrogens with zero attached hydrogens (tertiary/aromatic N) is 3. The van der Waals surface area contributed by atoms with Gasteiger partial charge in [0, 0.05) is 51.7 Å². The van der Waals surface area contributed by atoms with Crippen molar-refractivity contribution in [3.05, 3.63) is 66.0 Å². The zero-order chi connectivity index (χ0) is 13.6. The van der Waals surface area contributed by atoms with Gasteiger partial charge in [-0.1, -0.05) is 30.3 Å². The average Bonchev–Trinajstić information content (AvgIpc) is 2.51. The van der Waals surface area contributed by atoms with Crippen molar-refractivity contribution in [3.63, 3.8) is 0 Å². The molecular formula is C17H21N3. The molecule has 1 saturated heterocycles. The fourth-order valence-corrected chi connectivity index (χ4v) is 2.69. The van der Waals surface area contributed by atoms with Gasteiger partial charge in [0.15, 0.2) is 0 Å². The van der Waals surface area contributed by atoms with E-state index in [2.05, 4.69) is 57.2 Å². The summed E-state index contributed by atoms with van der Waals surface area (Å²) in [6.07, 6.45) is 3.75. The molecule has 3 rings (SSSR count). The van der Waals surface area contributed by atoms with Gasteiger partial charge in [-0.15, -0.1) is 0 Å². The molecule has 1 aliphatic rings. The largest absolute Gasteiger partial charge is 0.297 e. The third-order valence-corrected chi connectivity index (χ3v) is 3.87. The summed E-state index contributed by atoms with van der Waals surface area (Å²) >= 11 is 0. The minimum atomic E-state index is 1.04. The molecule has 2 aromatic rings. The van der Waals surface area contributed by atoms with Gasteiger partial charge < -0.3 is 0 Å². The Morgan fingerprint density at radius 2 is 1.20 bits per heavy atom. The molecule has 1 aliphatic heterocycles. The minimum absolute atomic E-state index is 1.04. The first-order chi connectivity index (χ1) is 9.90. The quantitative estimate of drug-likeness (QED) is 0.848. The van der Waals surface area contributed by atoms with Crippen molar-refractivity contribution in [3.8, 4) is 0 Å². The molecule has 3 nitrogen and oxygen atoms in total. The minimum Gasteiger partial charge on any atom is -0.297 e. The van der Waals surface area contributed by atoms with Crippen LogP contribution in [0.25, 0.3) is 0 Å². The van der Waals surface area contributed by atoms with E-state index in [9.17, 15) is 0 Å². The summed E-state index contributed by atoms with van der Waals surface area (Å²) in [5, 5.41) is 0. The third kappa shape index (κ3) is 3.65. The van der Waals surface area contributed by atoms with Gasteiger partial charge >= 0.3 is 0 Å². The maximum atomic E-state index is 4.07. The second-order valence-electron chi connectivity index (χ2n) is 5.39. The Kier molecular flexibility index (Phi) is 4.41. The van der Waals surface area contributed by atoms with Gasteiger partial charge in [0.2, 0.25) is 0 Å². The fourth-order valence-electron chi connectivity index (χ4n) is 2.69. The van der Waals surface area contributed by atoms with Crippen molar-refractivity contribution >= 4 is 0 Å². The van der Waals surface area contributed by atoms with E-state index >= 15 is 0 Å². The number of rotatable bonds is 4. The third-order valence-electron chi connectivity index (χ3n) is 3.87. The maximum absolute atomic E-state index is 4.07. The van der Waals surface area contributed by atoms with Crippen LogP contribution in [0.5, 0.6) is 0 Å². The number of hydrogen-bond donors (Lipinski definition) is 0. The monoisotopic (exact) mass is 267 g/mol. The van der Waals surface area contributed by atoms with Crippen molar-refractivity contribution in [2.75, 3.05) is 26.2 Å². The molecule has 0 atom stereocenters. The Morgan fingerprint density at radius 3 is 1.75 bits per heavy atom. The highest BCUT2D eigenvalue weighted by Gasteiger charge is 2.16. The molecule has 0 saturated carbocycles. The summed E-state index contributed by atoms with van der Waals surface area (Å²) in [5.41, 5.74) is 2.77. The molecule has 2 heterocycles. The van der Waals surface area contributed by atoms with Crippen LogP contribution in [0.2, 0.25) is 0 Å². The molecule has 104 valence electrons. The molecular weight excluding hydrogens is 246 g/mol. The van der Waals surface area contributed by atoms with Crippen LogP contribution in [0.1, 0.15) is 11.1 Å². The van der Waals surface area contributed by atoms with E-state index in [4.69, 9.17) is 0 Å². The lowest BCUT2D eigenvalue weighted by Crippen LogP contribution is -2.45. The number of benzene rings is 1. The molecule has 20 heavy (non-hydrogen) atoms. The predicted molar refractivity (Wildman–Crippen MR) is 81.2 cm³/mol.